The molecule has 2 heterocycles. The molecule has 6 atom stereocenters. The minimum absolute atomic E-state index is 0.0674. The molecular formula is C43H34BNO8. The van der Waals surface area contributed by atoms with Crippen molar-refractivity contribution in [3.63, 3.8) is 0 Å². The van der Waals surface area contributed by atoms with E-state index >= 15 is 9.59 Å². The number of allylic oxidation sites excluding steroid dienone is 5. The molecular weight excluding hydrogens is 669 g/mol. The zero-order chi connectivity index (χ0) is 36.6. The topological polar surface area (TPSA) is 141 Å². The number of ether oxygens (including phenoxy) is 1. The van der Waals surface area contributed by atoms with Crippen molar-refractivity contribution in [3.8, 4) is 11.5 Å². The Morgan fingerprint density at radius 1 is 0.811 bits per heavy atom. The molecule has 4 aromatic carbocycles. The van der Waals surface area contributed by atoms with Gasteiger partial charge in [-0.15, -0.1) is 0 Å². The SMILES string of the molecule is O=C1C(c2ccccc2)=CC(=O)[C@@]2(c3ccccc3)[C@@H](C3=COc4ccc(O)cc4C3)C3=CC[C@@H]4C(=O)N(c5cccc(B(O)O)c5)C(=O)[C@@H]4[C@@H]3C[C@@H]12. The quantitative estimate of drug-likeness (QED) is 0.157. The molecule has 0 unspecified atom stereocenters. The van der Waals surface area contributed by atoms with Crippen LogP contribution in [0, 0.1) is 29.6 Å². The van der Waals surface area contributed by atoms with Crippen LogP contribution in [0.25, 0.3) is 5.57 Å². The molecule has 2 aliphatic heterocycles. The number of rotatable bonds is 5. The van der Waals surface area contributed by atoms with E-state index in [1.165, 1.54) is 18.2 Å². The first-order valence-corrected chi connectivity index (χ1v) is 17.8. The lowest BCUT2D eigenvalue weighted by molar-refractivity contribution is -0.136. The van der Waals surface area contributed by atoms with Gasteiger partial charge in [0.1, 0.15) is 11.5 Å². The minimum Gasteiger partial charge on any atom is -0.508 e. The van der Waals surface area contributed by atoms with Gasteiger partial charge in [0.2, 0.25) is 11.8 Å². The number of hydrogen-bond acceptors (Lipinski definition) is 8. The number of Topliss-reactive ketones (excluding diaryl/α,β-unsaturated/α-hetero) is 1. The predicted molar refractivity (Wildman–Crippen MR) is 197 cm³/mol. The van der Waals surface area contributed by atoms with Crippen LogP contribution >= 0.6 is 0 Å². The first-order valence-electron chi connectivity index (χ1n) is 17.8. The highest BCUT2D eigenvalue weighted by Gasteiger charge is 2.66. The highest BCUT2D eigenvalue weighted by Crippen LogP contribution is 2.63. The molecule has 9 rings (SSSR count). The highest BCUT2D eigenvalue weighted by molar-refractivity contribution is 6.58. The van der Waals surface area contributed by atoms with E-state index < -0.39 is 53.9 Å². The van der Waals surface area contributed by atoms with Crippen LogP contribution in [0.1, 0.15) is 29.5 Å². The number of phenols is 1. The first kappa shape index (κ1) is 33.0. The summed E-state index contributed by atoms with van der Waals surface area (Å²) in [6.07, 6.45) is 5.84. The van der Waals surface area contributed by atoms with Gasteiger partial charge in [0.15, 0.2) is 11.6 Å². The van der Waals surface area contributed by atoms with Gasteiger partial charge in [-0.05, 0) is 77.3 Å². The Bertz CT molecular complexity index is 2310. The molecule has 1 saturated heterocycles. The third kappa shape index (κ3) is 4.93. The number of ketones is 2. The summed E-state index contributed by atoms with van der Waals surface area (Å²) in [5.74, 6) is -4.35. The highest BCUT2D eigenvalue weighted by atomic mass is 16.5. The van der Waals surface area contributed by atoms with Gasteiger partial charge >= 0.3 is 7.12 Å². The van der Waals surface area contributed by atoms with Crippen molar-refractivity contribution in [1.82, 2.24) is 0 Å². The average Bonchev–Trinajstić information content (AvgIpc) is 3.44. The van der Waals surface area contributed by atoms with Gasteiger partial charge in [0, 0.05) is 29.4 Å². The van der Waals surface area contributed by atoms with Crippen LogP contribution in [0.4, 0.5) is 5.69 Å². The Kier molecular flexibility index (Phi) is 7.72. The fourth-order valence-corrected chi connectivity index (χ4v) is 9.77. The van der Waals surface area contributed by atoms with Crippen LogP contribution in [-0.2, 0) is 31.0 Å². The molecule has 9 nitrogen and oxygen atoms in total. The summed E-state index contributed by atoms with van der Waals surface area (Å²) >= 11 is 0. The zero-order valence-electron chi connectivity index (χ0n) is 28.5. The second-order valence-electron chi connectivity index (χ2n) is 14.5. The Hall–Kier alpha value is -5.84. The molecule has 3 N–H and O–H groups in total. The molecule has 0 radical (unpaired) electrons. The van der Waals surface area contributed by atoms with E-state index in [4.69, 9.17) is 4.74 Å². The van der Waals surface area contributed by atoms with Crippen molar-refractivity contribution >= 4 is 47.2 Å². The molecule has 2 amide bonds. The standard InChI is InChI=1S/C43H34BNO8/c46-30-14-17-36-25(19-30)18-26(23-53-36)39-31-15-16-32-38(42(50)45(41(32)49)29-13-7-12-28(20-29)44(51)52)34(31)21-35-40(48)33(24-8-3-1-4-9-24)22-37(47)43(35,39)27-10-5-2-6-11-27/h1-15,17,19-20,22-23,32,34-35,38-39,46,51-52H,16,18,21H2/t32-,34+,35-,38-,39-,43-/m0/s1. The van der Waals surface area contributed by atoms with Gasteiger partial charge in [0.25, 0.3) is 0 Å². The van der Waals surface area contributed by atoms with Crippen LogP contribution < -0.4 is 15.1 Å². The first-order chi connectivity index (χ1) is 25.7. The van der Waals surface area contributed by atoms with Crippen molar-refractivity contribution in [2.75, 3.05) is 4.90 Å². The van der Waals surface area contributed by atoms with Gasteiger partial charge in [-0.25, -0.2) is 0 Å². The summed E-state index contributed by atoms with van der Waals surface area (Å²) in [6.45, 7) is 0. The maximum absolute atomic E-state index is 15.2. The molecule has 0 spiro atoms. The third-order valence-electron chi connectivity index (χ3n) is 11.9. The number of benzene rings is 4. The molecule has 1 saturated carbocycles. The monoisotopic (exact) mass is 703 g/mol. The second-order valence-corrected chi connectivity index (χ2v) is 14.5. The van der Waals surface area contributed by atoms with Crippen LogP contribution in [0.5, 0.6) is 11.5 Å². The molecule has 2 fully saturated rings. The van der Waals surface area contributed by atoms with Crippen LogP contribution in [0.2, 0.25) is 0 Å². The summed E-state index contributed by atoms with van der Waals surface area (Å²) < 4.78 is 6.19. The van der Waals surface area contributed by atoms with Crippen molar-refractivity contribution in [3.05, 3.63) is 149 Å². The van der Waals surface area contributed by atoms with E-state index in [2.05, 4.69) is 0 Å². The lowest BCUT2D eigenvalue weighted by Crippen LogP contribution is -2.60. The average molecular weight is 704 g/mol. The fourth-order valence-electron chi connectivity index (χ4n) is 9.77. The number of amides is 2. The number of hydrogen-bond donors (Lipinski definition) is 3. The van der Waals surface area contributed by atoms with E-state index in [-0.39, 0.29) is 41.3 Å². The van der Waals surface area contributed by atoms with Gasteiger partial charge in [-0.2, -0.15) is 0 Å². The molecule has 53 heavy (non-hydrogen) atoms. The van der Waals surface area contributed by atoms with Crippen molar-refractivity contribution < 1.29 is 39.1 Å². The summed E-state index contributed by atoms with van der Waals surface area (Å²) in [5, 5.41) is 30.1. The Morgan fingerprint density at radius 3 is 2.32 bits per heavy atom. The number of fused-ring (bicyclic) bond motifs is 5. The molecule has 0 bridgehead atoms. The van der Waals surface area contributed by atoms with Gasteiger partial charge in [-0.3, -0.25) is 24.1 Å². The Morgan fingerprint density at radius 2 is 1.57 bits per heavy atom. The molecule has 5 aliphatic rings. The smallest absolute Gasteiger partial charge is 0.488 e. The molecule has 10 heteroatoms. The Balaban J connectivity index is 1.24. The van der Waals surface area contributed by atoms with Crippen molar-refractivity contribution in [2.45, 2.75) is 24.7 Å². The second kappa shape index (κ2) is 12.4. The predicted octanol–water partition coefficient (Wildman–Crippen LogP) is 4.45. The summed E-state index contributed by atoms with van der Waals surface area (Å²) in [5.41, 5.74) is 2.85. The van der Waals surface area contributed by atoms with E-state index in [1.54, 1.807) is 36.6 Å². The molecule has 0 aromatic heterocycles. The number of phenolic OH excluding ortho intramolecular Hbond substituents is 1. The summed E-state index contributed by atoms with van der Waals surface area (Å²) in [6, 6.07) is 29.4. The maximum Gasteiger partial charge on any atom is 0.488 e. The normalized spacial score (nSPS) is 27.4. The number of carbonyl (C=O) groups excluding carboxylic acids is 4. The number of anilines is 1. The maximum atomic E-state index is 15.2. The van der Waals surface area contributed by atoms with Crippen LogP contribution in [0.15, 0.2) is 133 Å². The lowest BCUT2D eigenvalue weighted by Gasteiger charge is -2.56. The number of aromatic hydroxyl groups is 1. The van der Waals surface area contributed by atoms with E-state index in [1.807, 2.05) is 66.7 Å². The number of imide groups is 1. The van der Waals surface area contributed by atoms with E-state index in [9.17, 15) is 24.7 Å². The van der Waals surface area contributed by atoms with E-state index in [0.29, 0.717) is 28.9 Å². The number of nitrogens with zero attached hydrogens (tertiary/aromatic N) is 1. The van der Waals surface area contributed by atoms with Crippen molar-refractivity contribution in [1.29, 1.82) is 0 Å². The molecule has 4 aromatic rings. The number of carbonyl (C=O) groups is 4. The summed E-state index contributed by atoms with van der Waals surface area (Å²) in [4.78, 5) is 60.3. The summed E-state index contributed by atoms with van der Waals surface area (Å²) in [7, 11) is -1.79. The van der Waals surface area contributed by atoms with Gasteiger partial charge in [-0.1, -0.05) is 84.4 Å². The fraction of sp³-hybridized carbons (Fsp3) is 0.209. The van der Waals surface area contributed by atoms with Crippen LogP contribution in [-0.4, -0.2) is 45.7 Å². The lowest BCUT2D eigenvalue weighted by atomic mass is 9.44. The van der Waals surface area contributed by atoms with E-state index in [0.717, 1.165) is 21.6 Å². The minimum atomic E-state index is -1.79. The zero-order valence-corrected chi connectivity index (χ0v) is 28.5. The van der Waals surface area contributed by atoms with Crippen molar-refractivity contribution in [2.24, 2.45) is 29.6 Å². The largest absolute Gasteiger partial charge is 0.508 e. The Labute approximate surface area is 305 Å². The van der Waals surface area contributed by atoms with Gasteiger partial charge < -0.3 is 19.9 Å². The van der Waals surface area contributed by atoms with Gasteiger partial charge in [0.05, 0.1) is 29.2 Å². The third-order valence-corrected chi connectivity index (χ3v) is 11.9. The molecule has 262 valence electrons. The van der Waals surface area contributed by atoms with Crippen LogP contribution in [0.3, 0.4) is 0 Å². The molecule has 3 aliphatic carbocycles.